The van der Waals surface area contributed by atoms with Crippen LogP contribution < -0.4 is 9.80 Å². The number of anilines is 2. The molecule has 0 aromatic heterocycles. The van der Waals surface area contributed by atoms with Gasteiger partial charge in [-0.2, -0.15) is 5.26 Å². The number of methoxy groups -OCH3 is 1. The van der Waals surface area contributed by atoms with Gasteiger partial charge in [0.05, 0.1) is 29.6 Å². The number of nitrogens with zero attached hydrogens (tertiary/aromatic N) is 3. The van der Waals surface area contributed by atoms with Crippen molar-refractivity contribution in [3.05, 3.63) is 23.8 Å². The normalized spacial score (nSPS) is 19.4. The molecule has 1 aromatic rings. The quantitative estimate of drug-likeness (QED) is 0.771. The van der Waals surface area contributed by atoms with Crippen molar-refractivity contribution in [1.29, 1.82) is 5.26 Å². The van der Waals surface area contributed by atoms with E-state index in [1.165, 1.54) is 0 Å². The fraction of sp³-hybridized carbons (Fsp3) is 0.526. The third kappa shape index (κ3) is 3.12. The molecular weight excluding hydrogens is 318 g/mol. The highest BCUT2D eigenvalue weighted by atomic mass is 16.5. The fourth-order valence-electron chi connectivity index (χ4n) is 3.17. The zero-order valence-electron chi connectivity index (χ0n) is 14.9. The summed E-state index contributed by atoms with van der Waals surface area (Å²) in [4.78, 5) is 29.6. The van der Waals surface area contributed by atoms with Crippen LogP contribution in [0.3, 0.4) is 0 Å². The Labute approximate surface area is 148 Å². The van der Waals surface area contributed by atoms with Gasteiger partial charge in [-0.1, -0.05) is 0 Å². The number of benzene rings is 1. The number of amides is 2. The Hall–Kier alpha value is -2.39. The summed E-state index contributed by atoms with van der Waals surface area (Å²) >= 11 is 0. The average molecular weight is 341 g/mol. The van der Waals surface area contributed by atoms with Gasteiger partial charge in [0.15, 0.2) is 0 Å². The van der Waals surface area contributed by atoms with E-state index in [9.17, 15) is 14.9 Å². The van der Waals surface area contributed by atoms with Gasteiger partial charge < -0.3 is 14.5 Å². The predicted molar refractivity (Wildman–Crippen MR) is 94.2 cm³/mol. The molecule has 1 aliphatic carbocycles. The van der Waals surface area contributed by atoms with Gasteiger partial charge in [-0.25, -0.2) is 0 Å². The standard InChI is InChI=1S/C19H23N3O3/c1-19(2)17(23)21(8-9-25-3)15-7-6-14(11-20)10-16(15)22(18(19)24)12-13-4-5-13/h6-7,10,13H,4-5,8-9,12H2,1-3H3. The number of carbonyl (C=O) groups is 2. The maximum absolute atomic E-state index is 13.2. The molecule has 0 atom stereocenters. The van der Waals surface area contributed by atoms with Crippen LogP contribution >= 0.6 is 0 Å². The molecule has 1 aliphatic heterocycles. The average Bonchev–Trinajstić information content (AvgIpc) is 3.43. The van der Waals surface area contributed by atoms with Gasteiger partial charge in [0, 0.05) is 20.2 Å². The first kappa shape index (κ1) is 17.4. The zero-order valence-corrected chi connectivity index (χ0v) is 14.9. The topological polar surface area (TPSA) is 73.6 Å². The molecular formula is C19H23N3O3. The summed E-state index contributed by atoms with van der Waals surface area (Å²) in [5.74, 6) is 0.0263. The maximum atomic E-state index is 13.2. The van der Waals surface area contributed by atoms with Crippen molar-refractivity contribution in [2.24, 2.45) is 11.3 Å². The Kier molecular flexibility index (Phi) is 4.53. The molecule has 1 saturated carbocycles. The second-order valence-electron chi connectivity index (χ2n) is 7.25. The van der Waals surface area contributed by atoms with E-state index in [4.69, 9.17) is 4.74 Å². The highest BCUT2D eigenvalue weighted by Crippen LogP contribution is 2.42. The van der Waals surface area contributed by atoms with Crippen LogP contribution in [0.5, 0.6) is 0 Å². The van der Waals surface area contributed by atoms with E-state index in [-0.39, 0.29) is 11.8 Å². The van der Waals surface area contributed by atoms with Gasteiger partial charge in [-0.3, -0.25) is 9.59 Å². The van der Waals surface area contributed by atoms with Crippen LogP contribution in [-0.4, -0.2) is 38.6 Å². The largest absolute Gasteiger partial charge is 0.383 e. The second kappa shape index (κ2) is 6.49. The van der Waals surface area contributed by atoms with Gasteiger partial charge in [0.1, 0.15) is 5.41 Å². The molecule has 1 aromatic carbocycles. The molecule has 0 radical (unpaired) electrons. The molecule has 132 valence electrons. The SMILES string of the molecule is COCCN1C(=O)C(C)(C)C(=O)N(CC2CC2)c2cc(C#N)ccc21. The molecule has 0 bridgehead atoms. The lowest BCUT2D eigenvalue weighted by Gasteiger charge is -2.28. The third-order valence-electron chi connectivity index (χ3n) is 4.90. The lowest BCUT2D eigenvalue weighted by molar-refractivity contribution is -0.137. The molecule has 0 saturated heterocycles. The first-order valence-electron chi connectivity index (χ1n) is 8.57. The summed E-state index contributed by atoms with van der Waals surface area (Å²) in [6.07, 6.45) is 2.19. The molecule has 2 aliphatic rings. The van der Waals surface area contributed by atoms with E-state index in [1.807, 2.05) is 0 Å². The smallest absolute Gasteiger partial charge is 0.242 e. The molecule has 1 fully saturated rings. The molecule has 6 nitrogen and oxygen atoms in total. The maximum Gasteiger partial charge on any atom is 0.242 e. The Bertz CT molecular complexity index is 747. The third-order valence-corrected chi connectivity index (χ3v) is 4.90. The molecule has 3 rings (SSSR count). The highest BCUT2D eigenvalue weighted by Gasteiger charge is 2.47. The Balaban J connectivity index is 2.15. The molecule has 0 spiro atoms. The minimum Gasteiger partial charge on any atom is -0.383 e. The van der Waals surface area contributed by atoms with Crippen LogP contribution in [0.25, 0.3) is 0 Å². The van der Waals surface area contributed by atoms with Gasteiger partial charge in [0.2, 0.25) is 11.8 Å². The lowest BCUT2D eigenvalue weighted by atomic mass is 9.90. The Morgan fingerprint density at radius 1 is 1.20 bits per heavy atom. The Morgan fingerprint density at radius 3 is 2.48 bits per heavy atom. The first-order valence-corrected chi connectivity index (χ1v) is 8.57. The minimum atomic E-state index is -1.16. The highest BCUT2D eigenvalue weighted by molar-refractivity contribution is 6.20. The van der Waals surface area contributed by atoms with Gasteiger partial charge in [0.25, 0.3) is 0 Å². The molecule has 1 heterocycles. The van der Waals surface area contributed by atoms with Crippen LogP contribution in [0, 0.1) is 22.7 Å². The number of nitriles is 1. The monoisotopic (exact) mass is 341 g/mol. The summed E-state index contributed by atoms with van der Waals surface area (Å²) in [7, 11) is 1.58. The summed E-state index contributed by atoms with van der Waals surface area (Å²) in [5.41, 5.74) is 0.631. The minimum absolute atomic E-state index is 0.208. The van der Waals surface area contributed by atoms with E-state index in [1.54, 1.807) is 49.0 Å². The fourth-order valence-corrected chi connectivity index (χ4v) is 3.17. The summed E-state index contributed by atoms with van der Waals surface area (Å²) < 4.78 is 5.15. The van der Waals surface area contributed by atoms with Crippen LogP contribution in [0.15, 0.2) is 18.2 Å². The molecule has 25 heavy (non-hydrogen) atoms. The molecule has 0 unspecified atom stereocenters. The molecule has 2 amide bonds. The van der Waals surface area contributed by atoms with Crippen molar-refractivity contribution in [2.75, 3.05) is 36.6 Å². The van der Waals surface area contributed by atoms with Crippen LogP contribution in [-0.2, 0) is 14.3 Å². The van der Waals surface area contributed by atoms with E-state index in [0.29, 0.717) is 42.6 Å². The van der Waals surface area contributed by atoms with Crippen molar-refractivity contribution in [3.8, 4) is 6.07 Å². The number of carbonyl (C=O) groups excluding carboxylic acids is 2. The lowest BCUT2D eigenvalue weighted by Crippen LogP contribution is -2.49. The van der Waals surface area contributed by atoms with Crippen molar-refractivity contribution < 1.29 is 14.3 Å². The van der Waals surface area contributed by atoms with E-state index in [0.717, 1.165) is 12.8 Å². The second-order valence-corrected chi connectivity index (χ2v) is 7.25. The number of fused-ring (bicyclic) bond motifs is 1. The van der Waals surface area contributed by atoms with Crippen LogP contribution in [0.2, 0.25) is 0 Å². The summed E-state index contributed by atoms with van der Waals surface area (Å²) in [6.45, 7) is 4.68. The number of ether oxygens (including phenoxy) is 1. The van der Waals surface area contributed by atoms with Crippen molar-refractivity contribution in [3.63, 3.8) is 0 Å². The van der Waals surface area contributed by atoms with E-state index >= 15 is 0 Å². The number of hydrogen-bond acceptors (Lipinski definition) is 4. The van der Waals surface area contributed by atoms with Gasteiger partial charge >= 0.3 is 0 Å². The van der Waals surface area contributed by atoms with Crippen LogP contribution in [0.1, 0.15) is 32.3 Å². The van der Waals surface area contributed by atoms with Crippen molar-refractivity contribution >= 4 is 23.2 Å². The van der Waals surface area contributed by atoms with Crippen molar-refractivity contribution in [1.82, 2.24) is 0 Å². The Morgan fingerprint density at radius 2 is 1.88 bits per heavy atom. The van der Waals surface area contributed by atoms with Gasteiger partial charge in [-0.05, 0) is 50.8 Å². The zero-order chi connectivity index (χ0) is 18.2. The predicted octanol–water partition coefficient (Wildman–Crippen LogP) is 2.32. The summed E-state index contributed by atoms with van der Waals surface area (Å²) in [6, 6.07) is 7.28. The summed E-state index contributed by atoms with van der Waals surface area (Å²) in [5, 5.41) is 9.26. The number of hydrogen-bond donors (Lipinski definition) is 0. The van der Waals surface area contributed by atoms with Gasteiger partial charge in [-0.15, -0.1) is 0 Å². The number of rotatable bonds is 5. The van der Waals surface area contributed by atoms with E-state index < -0.39 is 5.41 Å². The van der Waals surface area contributed by atoms with E-state index in [2.05, 4.69) is 6.07 Å². The van der Waals surface area contributed by atoms with Crippen molar-refractivity contribution in [2.45, 2.75) is 26.7 Å². The first-order chi connectivity index (χ1) is 11.9. The molecule has 6 heteroatoms. The molecule has 0 N–H and O–H groups in total. The van der Waals surface area contributed by atoms with Crippen LogP contribution in [0.4, 0.5) is 11.4 Å².